The first-order valence-electron chi connectivity index (χ1n) is 6.61. The molecule has 4 heteroatoms. The fraction of sp³-hybridized carbons (Fsp3) is 0.235. The van der Waals surface area contributed by atoms with Gasteiger partial charge in [-0.2, -0.15) is 0 Å². The van der Waals surface area contributed by atoms with E-state index in [0.717, 1.165) is 16.7 Å². The normalized spacial score (nSPS) is 10.5. The van der Waals surface area contributed by atoms with Gasteiger partial charge in [-0.15, -0.1) is 0 Å². The number of aryl methyl sites for hydroxylation is 3. The number of hydrogen-bond acceptors (Lipinski definition) is 2. The van der Waals surface area contributed by atoms with Crippen LogP contribution in [0.4, 0.5) is 0 Å². The molecule has 0 saturated heterocycles. The molecule has 0 aliphatic heterocycles. The average molecular weight is 305 g/mol. The maximum atomic E-state index is 11.3. The van der Waals surface area contributed by atoms with Crippen LogP contribution in [0.5, 0.6) is 5.75 Å². The lowest BCUT2D eigenvalue weighted by Gasteiger charge is -2.14. The van der Waals surface area contributed by atoms with E-state index in [9.17, 15) is 9.90 Å². The van der Waals surface area contributed by atoms with E-state index in [1.165, 1.54) is 0 Å². The van der Waals surface area contributed by atoms with E-state index in [2.05, 4.69) is 0 Å². The largest absolute Gasteiger partial charge is 0.489 e. The number of rotatable bonds is 4. The van der Waals surface area contributed by atoms with E-state index in [4.69, 9.17) is 16.3 Å². The van der Waals surface area contributed by atoms with Crippen LogP contribution in [0, 0.1) is 20.8 Å². The van der Waals surface area contributed by atoms with Gasteiger partial charge in [0.1, 0.15) is 12.4 Å². The molecule has 0 aromatic heterocycles. The fourth-order valence-electron chi connectivity index (χ4n) is 2.21. The van der Waals surface area contributed by atoms with Crippen molar-refractivity contribution in [2.24, 2.45) is 0 Å². The fourth-order valence-corrected chi connectivity index (χ4v) is 2.36. The van der Waals surface area contributed by atoms with Crippen LogP contribution in [-0.2, 0) is 6.61 Å². The van der Waals surface area contributed by atoms with Crippen molar-refractivity contribution in [2.75, 3.05) is 0 Å². The summed E-state index contributed by atoms with van der Waals surface area (Å²) in [5.41, 5.74) is 3.81. The Hall–Kier alpha value is -2.00. The summed E-state index contributed by atoms with van der Waals surface area (Å²) in [6.07, 6.45) is 0. The lowest BCUT2D eigenvalue weighted by atomic mass is 10.0. The summed E-state index contributed by atoms with van der Waals surface area (Å²) in [7, 11) is 0. The smallest absolute Gasteiger partial charge is 0.336 e. The summed E-state index contributed by atoms with van der Waals surface area (Å²) >= 11 is 6.11. The average Bonchev–Trinajstić information content (AvgIpc) is 2.42. The molecule has 0 radical (unpaired) electrons. The monoisotopic (exact) mass is 304 g/mol. The van der Waals surface area contributed by atoms with Crippen LogP contribution in [0.2, 0.25) is 5.02 Å². The minimum Gasteiger partial charge on any atom is -0.489 e. The zero-order valence-corrected chi connectivity index (χ0v) is 13.0. The van der Waals surface area contributed by atoms with Crippen LogP contribution < -0.4 is 4.74 Å². The predicted molar refractivity (Wildman–Crippen MR) is 83.4 cm³/mol. The molecule has 0 atom stereocenters. The Bertz CT molecular complexity index is 693. The van der Waals surface area contributed by atoms with Gasteiger partial charge in [-0.05, 0) is 49.6 Å². The van der Waals surface area contributed by atoms with Crippen molar-refractivity contribution >= 4 is 17.6 Å². The molecule has 0 saturated carbocycles. The first kappa shape index (κ1) is 15.4. The van der Waals surface area contributed by atoms with E-state index >= 15 is 0 Å². The third-order valence-corrected chi connectivity index (χ3v) is 3.88. The second-order valence-corrected chi connectivity index (χ2v) is 5.47. The molecule has 2 aromatic carbocycles. The molecule has 0 aliphatic carbocycles. The first-order chi connectivity index (χ1) is 9.90. The number of ether oxygens (including phenoxy) is 1. The maximum Gasteiger partial charge on any atom is 0.336 e. The van der Waals surface area contributed by atoms with Crippen molar-refractivity contribution in [3.05, 3.63) is 63.2 Å². The molecule has 0 bridgehead atoms. The summed E-state index contributed by atoms with van der Waals surface area (Å²) in [4.78, 5) is 11.3. The molecule has 21 heavy (non-hydrogen) atoms. The summed E-state index contributed by atoms with van der Waals surface area (Å²) in [6.45, 7) is 5.95. The topological polar surface area (TPSA) is 46.5 Å². The molecule has 0 unspecified atom stereocenters. The number of hydrogen-bond donors (Lipinski definition) is 1. The molecule has 0 fully saturated rings. The Morgan fingerprint density at radius 2 is 1.86 bits per heavy atom. The summed E-state index contributed by atoms with van der Waals surface area (Å²) in [5.74, 6) is -0.277. The van der Waals surface area contributed by atoms with Crippen molar-refractivity contribution in [2.45, 2.75) is 27.4 Å². The third-order valence-electron chi connectivity index (χ3n) is 3.47. The second-order valence-electron chi connectivity index (χ2n) is 5.06. The summed E-state index contributed by atoms with van der Waals surface area (Å²) < 4.78 is 5.78. The highest BCUT2D eigenvalue weighted by molar-refractivity contribution is 6.31. The van der Waals surface area contributed by atoms with Gasteiger partial charge in [0.25, 0.3) is 0 Å². The van der Waals surface area contributed by atoms with Crippen LogP contribution in [0.3, 0.4) is 0 Å². The van der Waals surface area contributed by atoms with Crippen molar-refractivity contribution < 1.29 is 14.6 Å². The lowest BCUT2D eigenvalue weighted by Crippen LogP contribution is -2.08. The molecule has 0 amide bonds. The number of carbonyl (C=O) groups is 1. The number of halogens is 1. The molecule has 2 rings (SSSR count). The van der Waals surface area contributed by atoms with Crippen LogP contribution in [0.1, 0.15) is 32.6 Å². The highest BCUT2D eigenvalue weighted by Gasteiger charge is 2.13. The second kappa shape index (κ2) is 6.19. The standard InChI is InChI=1S/C17H17ClO3/c1-10-5-4-6-13(17(19)20)14(10)9-21-16-8-15(18)11(2)7-12(16)3/h4-8H,9H2,1-3H3,(H,19,20). The highest BCUT2D eigenvalue weighted by Crippen LogP contribution is 2.27. The molecular weight excluding hydrogens is 288 g/mol. The van der Waals surface area contributed by atoms with Crippen molar-refractivity contribution in [3.8, 4) is 5.75 Å². The molecular formula is C17H17ClO3. The van der Waals surface area contributed by atoms with Crippen LogP contribution >= 0.6 is 11.6 Å². The van der Waals surface area contributed by atoms with Crippen LogP contribution in [0.25, 0.3) is 0 Å². The Balaban J connectivity index is 2.29. The highest BCUT2D eigenvalue weighted by atomic mass is 35.5. The van der Waals surface area contributed by atoms with Gasteiger partial charge in [0.2, 0.25) is 0 Å². The van der Waals surface area contributed by atoms with E-state index in [0.29, 0.717) is 16.3 Å². The van der Waals surface area contributed by atoms with Gasteiger partial charge in [0.05, 0.1) is 5.56 Å². The van der Waals surface area contributed by atoms with E-state index in [1.54, 1.807) is 18.2 Å². The number of aromatic carboxylic acids is 1. The van der Waals surface area contributed by atoms with Gasteiger partial charge in [0.15, 0.2) is 0 Å². The molecule has 110 valence electrons. The Labute approximate surface area is 129 Å². The minimum absolute atomic E-state index is 0.203. The van der Waals surface area contributed by atoms with Gasteiger partial charge < -0.3 is 9.84 Å². The predicted octanol–water partition coefficient (Wildman–Crippen LogP) is 4.54. The lowest BCUT2D eigenvalue weighted by molar-refractivity contribution is 0.0693. The van der Waals surface area contributed by atoms with Gasteiger partial charge in [-0.25, -0.2) is 4.79 Å². The Morgan fingerprint density at radius 3 is 2.52 bits per heavy atom. The van der Waals surface area contributed by atoms with Gasteiger partial charge in [0, 0.05) is 10.6 Å². The van der Waals surface area contributed by atoms with E-state index in [1.807, 2.05) is 32.9 Å². The van der Waals surface area contributed by atoms with E-state index in [-0.39, 0.29) is 12.2 Å². The molecule has 0 heterocycles. The molecule has 3 nitrogen and oxygen atoms in total. The minimum atomic E-state index is -0.948. The number of benzene rings is 2. The molecule has 2 aromatic rings. The SMILES string of the molecule is Cc1cc(C)c(OCc2c(C)cccc2C(=O)O)cc1Cl. The Morgan fingerprint density at radius 1 is 1.14 bits per heavy atom. The summed E-state index contributed by atoms with van der Waals surface area (Å²) in [6, 6.07) is 8.91. The summed E-state index contributed by atoms with van der Waals surface area (Å²) in [5, 5.41) is 9.88. The molecule has 0 spiro atoms. The van der Waals surface area contributed by atoms with Gasteiger partial charge >= 0.3 is 5.97 Å². The Kier molecular flexibility index (Phi) is 4.53. The number of carboxylic acid groups (broad SMARTS) is 1. The number of carboxylic acids is 1. The van der Waals surface area contributed by atoms with Gasteiger partial charge in [-0.3, -0.25) is 0 Å². The maximum absolute atomic E-state index is 11.3. The zero-order valence-electron chi connectivity index (χ0n) is 12.2. The zero-order chi connectivity index (χ0) is 15.6. The van der Waals surface area contributed by atoms with Gasteiger partial charge in [-0.1, -0.05) is 29.8 Å². The van der Waals surface area contributed by atoms with E-state index < -0.39 is 5.97 Å². The third kappa shape index (κ3) is 3.37. The first-order valence-corrected chi connectivity index (χ1v) is 6.99. The van der Waals surface area contributed by atoms with Crippen molar-refractivity contribution in [3.63, 3.8) is 0 Å². The van der Waals surface area contributed by atoms with Crippen molar-refractivity contribution in [1.29, 1.82) is 0 Å². The molecule has 1 N–H and O–H groups in total. The molecule has 0 aliphatic rings. The van der Waals surface area contributed by atoms with Crippen LogP contribution in [-0.4, -0.2) is 11.1 Å². The van der Waals surface area contributed by atoms with Crippen molar-refractivity contribution in [1.82, 2.24) is 0 Å². The quantitative estimate of drug-likeness (QED) is 0.902. The van der Waals surface area contributed by atoms with Crippen LogP contribution in [0.15, 0.2) is 30.3 Å².